The lowest BCUT2D eigenvalue weighted by atomic mass is 10.00. The molecule has 3 aromatic rings. The first-order chi connectivity index (χ1) is 9.78. The van der Waals surface area contributed by atoms with Crippen molar-refractivity contribution in [3.05, 3.63) is 76.4 Å². The van der Waals surface area contributed by atoms with Crippen molar-refractivity contribution in [2.75, 3.05) is 0 Å². The number of carbonyl (C=O) groups excluding carboxylic acids is 1. The van der Waals surface area contributed by atoms with Gasteiger partial charge in [0.1, 0.15) is 0 Å². The molecule has 0 unspecified atom stereocenters. The van der Waals surface area contributed by atoms with E-state index in [1.165, 1.54) is 5.56 Å². The molecule has 2 nitrogen and oxygen atoms in total. The molecule has 0 N–H and O–H groups in total. The standard InChI is InChI=1S/C17H12ClNO/c18-16-6-5-12(10-14(16)11-20)9-13-7-8-19-17-4-2-1-3-15(13)17/h1-8,10-11H,9H2. The van der Waals surface area contributed by atoms with Crippen LogP contribution in [0.4, 0.5) is 0 Å². The Morgan fingerprint density at radius 2 is 1.95 bits per heavy atom. The molecule has 0 radical (unpaired) electrons. The molecule has 0 aliphatic carbocycles. The molecule has 0 aliphatic heterocycles. The molecule has 0 saturated heterocycles. The van der Waals surface area contributed by atoms with E-state index in [9.17, 15) is 4.79 Å². The van der Waals surface area contributed by atoms with Crippen molar-refractivity contribution in [2.45, 2.75) is 6.42 Å². The van der Waals surface area contributed by atoms with Crippen LogP contribution in [0.15, 0.2) is 54.7 Å². The topological polar surface area (TPSA) is 30.0 Å². The monoisotopic (exact) mass is 281 g/mol. The van der Waals surface area contributed by atoms with Gasteiger partial charge < -0.3 is 0 Å². The van der Waals surface area contributed by atoms with E-state index in [0.29, 0.717) is 10.6 Å². The van der Waals surface area contributed by atoms with Crippen molar-refractivity contribution >= 4 is 28.8 Å². The molecule has 2 aromatic carbocycles. The number of benzene rings is 2. The maximum absolute atomic E-state index is 10.9. The Balaban J connectivity index is 2.03. The highest BCUT2D eigenvalue weighted by atomic mass is 35.5. The Morgan fingerprint density at radius 1 is 1.10 bits per heavy atom. The van der Waals surface area contributed by atoms with Crippen LogP contribution in [-0.4, -0.2) is 11.3 Å². The molecule has 98 valence electrons. The number of hydrogen-bond donors (Lipinski definition) is 0. The molecule has 0 bridgehead atoms. The number of fused-ring (bicyclic) bond motifs is 1. The second-order valence-electron chi connectivity index (χ2n) is 4.64. The zero-order chi connectivity index (χ0) is 13.9. The van der Waals surface area contributed by atoms with Crippen LogP contribution in [0, 0.1) is 0 Å². The van der Waals surface area contributed by atoms with Gasteiger partial charge in [-0.25, -0.2) is 0 Å². The third-order valence-corrected chi connectivity index (χ3v) is 3.67. The van der Waals surface area contributed by atoms with Crippen LogP contribution < -0.4 is 0 Å². The highest BCUT2D eigenvalue weighted by Crippen LogP contribution is 2.22. The second kappa shape index (κ2) is 5.43. The van der Waals surface area contributed by atoms with Crippen LogP contribution >= 0.6 is 11.6 Å². The van der Waals surface area contributed by atoms with Gasteiger partial charge in [-0.3, -0.25) is 9.78 Å². The predicted octanol–water partition coefficient (Wildman–Crippen LogP) is 4.29. The Morgan fingerprint density at radius 3 is 2.80 bits per heavy atom. The molecular weight excluding hydrogens is 270 g/mol. The number of hydrogen-bond acceptors (Lipinski definition) is 2. The smallest absolute Gasteiger partial charge is 0.151 e. The van der Waals surface area contributed by atoms with Gasteiger partial charge in [0.15, 0.2) is 6.29 Å². The number of rotatable bonds is 3. The van der Waals surface area contributed by atoms with Crippen molar-refractivity contribution in [2.24, 2.45) is 0 Å². The van der Waals surface area contributed by atoms with Crippen LogP contribution in [0.25, 0.3) is 10.9 Å². The lowest BCUT2D eigenvalue weighted by Crippen LogP contribution is -1.93. The predicted molar refractivity (Wildman–Crippen MR) is 81.4 cm³/mol. The lowest BCUT2D eigenvalue weighted by molar-refractivity contribution is 0.112. The van der Waals surface area contributed by atoms with Crippen LogP contribution in [0.3, 0.4) is 0 Å². The van der Waals surface area contributed by atoms with Gasteiger partial charge in [0.05, 0.1) is 10.5 Å². The van der Waals surface area contributed by atoms with E-state index < -0.39 is 0 Å². The van der Waals surface area contributed by atoms with Crippen molar-refractivity contribution in [3.63, 3.8) is 0 Å². The number of carbonyl (C=O) groups is 1. The fourth-order valence-electron chi connectivity index (χ4n) is 2.32. The molecule has 3 heteroatoms. The minimum Gasteiger partial charge on any atom is -0.298 e. The fraction of sp³-hybridized carbons (Fsp3) is 0.0588. The lowest BCUT2D eigenvalue weighted by Gasteiger charge is -2.07. The van der Waals surface area contributed by atoms with Gasteiger partial charge in [-0.15, -0.1) is 0 Å². The summed E-state index contributed by atoms with van der Waals surface area (Å²) in [6.07, 6.45) is 3.35. The van der Waals surface area contributed by atoms with Crippen molar-refractivity contribution in [3.8, 4) is 0 Å². The normalized spacial score (nSPS) is 10.7. The molecule has 0 saturated carbocycles. The number of aromatic nitrogens is 1. The molecular formula is C17H12ClNO. The summed E-state index contributed by atoms with van der Waals surface area (Å²) in [5, 5.41) is 1.63. The maximum atomic E-state index is 10.9. The molecule has 1 heterocycles. The van der Waals surface area contributed by atoms with E-state index in [4.69, 9.17) is 11.6 Å². The zero-order valence-electron chi connectivity index (χ0n) is 10.7. The minimum atomic E-state index is 0.489. The number of aldehydes is 1. The highest BCUT2D eigenvalue weighted by molar-refractivity contribution is 6.32. The summed E-state index contributed by atoms with van der Waals surface area (Å²) in [5.41, 5.74) is 3.76. The summed E-state index contributed by atoms with van der Waals surface area (Å²) in [5.74, 6) is 0. The van der Waals surface area contributed by atoms with E-state index in [2.05, 4.69) is 11.1 Å². The summed E-state index contributed by atoms with van der Waals surface area (Å²) < 4.78 is 0. The van der Waals surface area contributed by atoms with Gasteiger partial charge in [0, 0.05) is 17.1 Å². The molecule has 0 spiro atoms. The van der Waals surface area contributed by atoms with E-state index >= 15 is 0 Å². The van der Waals surface area contributed by atoms with E-state index in [1.54, 1.807) is 6.07 Å². The van der Waals surface area contributed by atoms with E-state index in [-0.39, 0.29) is 0 Å². The van der Waals surface area contributed by atoms with Gasteiger partial charge in [-0.2, -0.15) is 0 Å². The first kappa shape index (κ1) is 12.8. The first-order valence-corrected chi connectivity index (χ1v) is 6.72. The van der Waals surface area contributed by atoms with Crippen molar-refractivity contribution < 1.29 is 4.79 Å². The third kappa shape index (κ3) is 2.43. The average Bonchev–Trinajstić information content (AvgIpc) is 2.49. The molecule has 0 atom stereocenters. The minimum absolute atomic E-state index is 0.489. The molecule has 20 heavy (non-hydrogen) atoms. The van der Waals surface area contributed by atoms with Crippen LogP contribution in [0.1, 0.15) is 21.5 Å². The van der Waals surface area contributed by atoms with E-state index in [0.717, 1.165) is 29.2 Å². The largest absolute Gasteiger partial charge is 0.298 e. The van der Waals surface area contributed by atoms with Gasteiger partial charge in [0.25, 0.3) is 0 Å². The summed E-state index contributed by atoms with van der Waals surface area (Å²) in [6.45, 7) is 0. The number of para-hydroxylation sites is 1. The van der Waals surface area contributed by atoms with Gasteiger partial charge in [-0.1, -0.05) is 35.9 Å². The number of halogens is 1. The Labute approximate surface area is 122 Å². The second-order valence-corrected chi connectivity index (χ2v) is 5.04. The van der Waals surface area contributed by atoms with E-state index in [1.807, 2.05) is 42.6 Å². The molecule has 0 aliphatic rings. The first-order valence-electron chi connectivity index (χ1n) is 6.34. The van der Waals surface area contributed by atoms with Gasteiger partial charge in [-0.05, 0) is 41.8 Å². The quantitative estimate of drug-likeness (QED) is 0.670. The Hall–Kier alpha value is -2.19. The summed E-state index contributed by atoms with van der Waals surface area (Å²) in [7, 11) is 0. The maximum Gasteiger partial charge on any atom is 0.151 e. The summed E-state index contributed by atoms with van der Waals surface area (Å²) >= 11 is 5.95. The van der Waals surface area contributed by atoms with Crippen LogP contribution in [-0.2, 0) is 6.42 Å². The Kier molecular flexibility index (Phi) is 3.48. The molecule has 0 amide bonds. The fourth-order valence-corrected chi connectivity index (χ4v) is 2.48. The van der Waals surface area contributed by atoms with Crippen LogP contribution in [0.5, 0.6) is 0 Å². The van der Waals surface area contributed by atoms with Crippen molar-refractivity contribution in [1.82, 2.24) is 4.98 Å². The van der Waals surface area contributed by atoms with Crippen molar-refractivity contribution in [1.29, 1.82) is 0 Å². The van der Waals surface area contributed by atoms with Crippen LogP contribution in [0.2, 0.25) is 5.02 Å². The van der Waals surface area contributed by atoms with Gasteiger partial charge >= 0.3 is 0 Å². The highest BCUT2D eigenvalue weighted by Gasteiger charge is 2.05. The average molecular weight is 282 g/mol. The third-order valence-electron chi connectivity index (χ3n) is 3.32. The number of pyridine rings is 1. The zero-order valence-corrected chi connectivity index (χ0v) is 11.5. The van der Waals surface area contributed by atoms with Gasteiger partial charge in [0.2, 0.25) is 0 Å². The SMILES string of the molecule is O=Cc1cc(Cc2ccnc3ccccc23)ccc1Cl. The molecule has 3 rings (SSSR count). The Bertz CT molecular complexity index is 778. The molecule has 1 aromatic heterocycles. The number of nitrogens with zero attached hydrogens (tertiary/aromatic N) is 1. The summed E-state index contributed by atoms with van der Waals surface area (Å²) in [6, 6.07) is 15.6. The summed E-state index contributed by atoms with van der Waals surface area (Å²) in [4.78, 5) is 15.3. The molecule has 0 fully saturated rings.